The molecule has 1 atom stereocenters. The Hall–Kier alpha value is -2.67. The van der Waals surface area contributed by atoms with Gasteiger partial charge in [0, 0.05) is 17.5 Å². The lowest BCUT2D eigenvalue weighted by atomic mass is 10.1. The molecule has 168 valence electrons. The van der Waals surface area contributed by atoms with Gasteiger partial charge in [-0.15, -0.1) is 0 Å². The first-order valence-corrected chi connectivity index (χ1v) is 12.7. The number of hydrogen-bond donors (Lipinski definition) is 2. The van der Waals surface area contributed by atoms with Crippen LogP contribution in [0.5, 0.6) is 0 Å². The highest BCUT2D eigenvalue weighted by molar-refractivity contribution is 7.90. The summed E-state index contributed by atoms with van der Waals surface area (Å²) < 4.78 is 23.2. The van der Waals surface area contributed by atoms with E-state index < -0.39 is 27.7 Å². The van der Waals surface area contributed by atoms with Gasteiger partial charge in [-0.05, 0) is 56.0 Å². The highest BCUT2D eigenvalue weighted by atomic mass is 32.2. The highest BCUT2D eigenvalue weighted by Gasteiger charge is 2.23. The van der Waals surface area contributed by atoms with Crippen molar-refractivity contribution in [3.63, 3.8) is 0 Å². The number of unbranched alkanes of at least 4 members (excludes halogenated alkanes) is 2. The lowest BCUT2D eigenvalue weighted by Gasteiger charge is -2.18. The minimum atomic E-state index is -3.28. The summed E-state index contributed by atoms with van der Waals surface area (Å²) in [4.78, 5) is 25.5. The quantitative estimate of drug-likeness (QED) is 0.514. The number of carbonyl (C=O) groups is 2. The molecule has 0 bridgehead atoms. The van der Waals surface area contributed by atoms with E-state index in [4.69, 9.17) is 0 Å². The van der Waals surface area contributed by atoms with Crippen LogP contribution in [0.4, 0.5) is 5.69 Å². The zero-order valence-corrected chi connectivity index (χ0v) is 19.3. The number of carbonyl (C=O) groups excluding carboxylic acids is 2. The minimum absolute atomic E-state index is 0.00266. The maximum Gasteiger partial charge on any atom is 0.251 e. The fraction of sp³-hybridized carbons (Fsp3) is 0.417. The molecule has 2 aromatic rings. The Kier molecular flexibility index (Phi) is 9.24. The van der Waals surface area contributed by atoms with E-state index in [0.29, 0.717) is 11.3 Å². The summed E-state index contributed by atoms with van der Waals surface area (Å²) in [5, 5.41) is 5.48. The maximum absolute atomic E-state index is 12.8. The van der Waals surface area contributed by atoms with Crippen LogP contribution in [0.25, 0.3) is 0 Å². The SMILES string of the molecule is CCCCCc1ccc(NC(=O)C(CCS(C)(=O)=O)NC(=O)c2cccc(C)c2)cc1. The second-order valence-electron chi connectivity index (χ2n) is 7.96. The fourth-order valence-corrected chi connectivity index (χ4v) is 3.86. The van der Waals surface area contributed by atoms with Crippen LogP contribution >= 0.6 is 0 Å². The largest absolute Gasteiger partial charge is 0.340 e. The van der Waals surface area contributed by atoms with E-state index in [0.717, 1.165) is 31.1 Å². The lowest BCUT2D eigenvalue weighted by molar-refractivity contribution is -0.118. The summed E-state index contributed by atoms with van der Waals surface area (Å²) in [7, 11) is -3.28. The van der Waals surface area contributed by atoms with E-state index in [2.05, 4.69) is 17.6 Å². The van der Waals surface area contributed by atoms with E-state index in [1.165, 1.54) is 12.0 Å². The fourth-order valence-electron chi connectivity index (χ4n) is 3.19. The predicted molar refractivity (Wildman–Crippen MR) is 125 cm³/mol. The van der Waals surface area contributed by atoms with Crippen LogP contribution in [0.1, 0.15) is 54.1 Å². The normalized spacial score (nSPS) is 12.2. The number of nitrogens with one attached hydrogen (secondary N) is 2. The van der Waals surface area contributed by atoms with Gasteiger partial charge >= 0.3 is 0 Å². The predicted octanol–water partition coefficient (Wildman–Crippen LogP) is 3.90. The topological polar surface area (TPSA) is 92.3 Å². The number of anilines is 1. The van der Waals surface area contributed by atoms with E-state index >= 15 is 0 Å². The molecule has 0 aromatic heterocycles. The van der Waals surface area contributed by atoms with Crippen molar-refractivity contribution in [2.45, 2.75) is 52.0 Å². The Balaban J connectivity index is 2.07. The van der Waals surface area contributed by atoms with Crippen LogP contribution in [0, 0.1) is 6.92 Å². The van der Waals surface area contributed by atoms with Crippen LogP contribution in [0.2, 0.25) is 0 Å². The van der Waals surface area contributed by atoms with Crippen LogP contribution in [0.3, 0.4) is 0 Å². The smallest absolute Gasteiger partial charge is 0.251 e. The highest BCUT2D eigenvalue weighted by Crippen LogP contribution is 2.14. The number of rotatable bonds is 11. The van der Waals surface area contributed by atoms with Crippen LogP contribution in [-0.4, -0.2) is 38.3 Å². The average Bonchev–Trinajstić information content (AvgIpc) is 2.71. The third-order valence-corrected chi connectivity index (χ3v) is 5.95. The summed E-state index contributed by atoms with van der Waals surface area (Å²) in [5.74, 6) is -1.05. The molecule has 2 amide bonds. The number of sulfone groups is 1. The number of amides is 2. The molecule has 0 aliphatic heterocycles. The van der Waals surface area contributed by atoms with Gasteiger partial charge in [-0.25, -0.2) is 8.42 Å². The molecule has 2 rings (SSSR count). The van der Waals surface area contributed by atoms with Gasteiger partial charge < -0.3 is 10.6 Å². The van der Waals surface area contributed by atoms with E-state index in [-0.39, 0.29) is 12.2 Å². The summed E-state index contributed by atoms with van der Waals surface area (Å²) in [6.45, 7) is 4.03. The molecule has 7 heteroatoms. The van der Waals surface area contributed by atoms with Crippen LogP contribution in [-0.2, 0) is 21.1 Å². The van der Waals surface area contributed by atoms with Crippen molar-refractivity contribution in [1.82, 2.24) is 5.32 Å². The van der Waals surface area contributed by atoms with Crippen LogP contribution < -0.4 is 10.6 Å². The van der Waals surface area contributed by atoms with E-state index in [1.54, 1.807) is 18.2 Å². The molecule has 2 aromatic carbocycles. The molecule has 0 saturated heterocycles. The summed E-state index contributed by atoms with van der Waals surface area (Å²) >= 11 is 0. The number of benzene rings is 2. The van der Waals surface area contributed by atoms with Gasteiger partial charge in [-0.1, -0.05) is 49.6 Å². The molecule has 0 saturated carbocycles. The lowest BCUT2D eigenvalue weighted by Crippen LogP contribution is -2.44. The molecule has 31 heavy (non-hydrogen) atoms. The third kappa shape index (κ3) is 8.92. The molecular weight excluding hydrogens is 412 g/mol. The van der Waals surface area contributed by atoms with Gasteiger partial charge in [-0.3, -0.25) is 9.59 Å². The molecule has 0 fully saturated rings. The van der Waals surface area contributed by atoms with Crippen molar-refractivity contribution >= 4 is 27.3 Å². The van der Waals surface area contributed by atoms with E-state index in [9.17, 15) is 18.0 Å². The van der Waals surface area contributed by atoms with Crippen molar-refractivity contribution in [3.8, 4) is 0 Å². The summed E-state index contributed by atoms with van der Waals surface area (Å²) in [5.41, 5.74) is 3.16. The Bertz CT molecular complexity index is 985. The molecular formula is C24H32N2O4S. The minimum Gasteiger partial charge on any atom is -0.340 e. The Morgan fingerprint density at radius 2 is 1.74 bits per heavy atom. The second-order valence-corrected chi connectivity index (χ2v) is 10.2. The van der Waals surface area contributed by atoms with Crippen molar-refractivity contribution in [3.05, 3.63) is 65.2 Å². The van der Waals surface area contributed by atoms with Gasteiger partial charge in [-0.2, -0.15) is 0 Å². The Morgan fingerprint density at radius 1 is 1.03 bits per heavy atom. The Morgan fingerprint density at radius 3 is 2.35 bits per heavy atom. The van der Waals surface area contributed by atoms with Crippen molar-refractivity contribution in [2.75, 3.05) is 17.3 Å². The zero-order valence-electron chi connectivity index (χ0n) is 18.5. The van der Waals surface area contributed by atoms with Crippen molar-refractivity contribution in [2.24, 2.45) is 0 Å². The first-order chi connectivity index (χ1) is 14.7. The molecule has 0 radical (unpaired) electrons. The molecule has 0 aliphatic carbocycles. The molecule has 0 heterocycles. The first kappa shape index (κ1) is 24.6. The summed E-state index contributed by atoms with van der Waals surface area (Å²) in [6, 6.07) is 13.7. The van der Waals surface area contributed by atoms with E-state index in [1.807, 2.05) is 37.3 Å². The maximum atomic E-state index is 12.8. The summed E-state index contributed by atoms with van der Waals surface area (Å²) in [6.07, 6.45) is 5.57. The average molecular weight is 445 g/mol. The molecule has 6 nitrogen and oxygen atoms in total. The van der Waals surface area contributed by atoms with Crippen LogP contribution in [0.15, 0.2) is 48.5 Å². The first-order valence-electron chi connectivity index (χ1n) is 10.6. The molecule has 1 unspecified atom stereocenters. The zero-order chi connectivity index (χ0) is 22.9. The number of aryl methyl sites for hydroxylation is 2. The Labute approximate surface area is 185 Å². The third-order valence-electron chi connectivity index (χ3n) is 4.97. The van der Waals surface area contributed by atoms with Gasteiger partial charge in [0.1, 0.15) is 15.9 Å². The van der Waals surface area contributed by atoms with Crippen molar-refractivity contribution < 1.29 is 18.0 Å². The molecule has 0 spiro atoms. The molecule has 0 aliphatic rings. The second kappa shape index (κ2) is 11.6. The van der Waals surface area contributed by atoms with Gasteiger partial charge in [0.25, 0.3) is 5.91 Å². The monoisotopic (exact) mass is 444 g/mol. The van der Waals surface area contributed by atoms with Crippen molar-refractivity contribution in [1.29, 1.82) is 0 Å². The molecule has 2 N–H and O–H groups in total. The number of hydrogen-bond acceptors (Lipinski definition) is 4. The van der Waals surface area contributed by atoms with Gasteiger partial charge in [0.15, 0.2) is 0 Å². The standard InChI is InChI=1S/C24H32N2O4S/c1-4-5-6-9-19-11-13-21(14-12-19)25-24(28)22(15-16-31(3,29)30)26-23(27)20-10-7-8-18(2)17-20/h7-8,10-14,17,22H,4-6,9,15-16H2,1-3H3,(H,25,28)(H,26,27). The van der Waals surface area contributed by atoms with Gasteiger partial charge in [0.2, 0.25) is 5.91 Å². The van der Waals surface area contributed by atoms with Gasteiger partial charge in [0.05, 0.1) is 5.75 Å².